The minimum atomic E-state index is -3.67. The van der Waals surface area contributed by atoms with Gasteiger partial charge in [0.15, 0.2) is 5.96 Å². The maximum Gasteiger partial charge on any atom is 0.238 e. The fraction of sp³-hybridized carbons (Fsp3) is 0.421. The van der Waals surface area contributed by atoms with Crippen molar-refractivity contribution in [2.24, 2.45) is 10.1 Å². The van der Waals surface area contributed by atoms with Gasteiger partial charge in [0.25, 0.3) is 0 Å². The van der Waals surface area contributed by atoms with E-state index in [9.17, 15) is 8.42 Å². The summed E-state index contributed by atoms with van der Waals surface area (Å²) in [6.45, 7) is 3.21. The smallest absolute Gasteiger partial charge is 0.238 e. The molecule has 0 spiro atoms. The minimum absolute atomic E-state index is 0.114. The van der Waals surface area contributed by atoms with E-state index in [-0.39, 0.29) is 4.90 Å². The van der Waals surface area contributed by atoms with Crippen molar-refractivity contribution in [2.75, 3.05) is 19.6 Å². The van der Waals surface area contributed by atoms with E-state index in [2.05, 4.69) is 10.2 Å². The van der Waals surface area contributed by atoms with Crippen LogP contribution in [-0.4, -0.2) is 38.9 Å². The number of nitrogens with two attached hydrogens (primary N) is 1. The van der Waals surface area contributed by atoms with Crippen LogP contribution in [0.15, 0.2) is 57.0 Å². The zero-order valence-electron chi connectivity index (χ0n) is 15.3. The lowest BCUT2D eigenvalue weighted by atomic mass is 10.1. The maximum absolute atomic E-state index is 11.4. The Morgan fingerprint density at radius 2 is 1.89 bits per heavy atom. The molecule has 0 radical (unpaired) electrons. The number of nitrogens with one attached hydrogen (secondary N) is 1. The molecule has 1 aromatic carbocycles. The van der Waals surface area contributed by atoms with Gasteiger partial charge in [-0.3, -0.25) is 0 Å². The molecule has 146 valence electrons. The molecular weight excluding hydrogens is 364 g/mol. The number of nitrogens with zero attached hydrogens (tertiary/aromatic N) is 2. The number of likely N-dealkylation sites (tertiary alicyclic amines) is 1. The first kappa shape index (κ1) is 19.4. The van der Waals surface area contributed by atoms with Gasteiger partial charge in [-0.2, -0.15) is 0 Å². The van der Waals surface area contributed by atoms with Gasteiger partial charge < -0.3 is 14.6 Å². The second-order valence-electron chi connectivity index (χ2n) is 6.63. The normalized spacial score (nSPS) is 15.7. The Morgan fingerprint density at radius 1 is 1.15 bits per heavy atom. The van der Waals surface area contributed by atoms with Gasteiger partial charge in [-0.05, 0) is 49.1 Å². The summed E-state index contributed by atoms with van der Waals surface area (Å²) in [5, 5.41) is 8.58. The average Bonchev–Trinajstić information content (AvgIpc) is 3.18. The lowest BCUT2D eigenvalue weighted by Gasteiger charge is -2.30. The largest absolute Gasteiger partial charge is 0.469 e. The first-order chi connectivity index (χ1) is 13.0. The molecule has 2 heterocycles. The quantitative estimate of drug-likeness (QED) is 0.581. The molecule has 0 bridgehead atoms. The highest BCUT2D eigenvalue weighted by molar-refractivity contribution is 7.89. The van der Waals surface area contributed by atoms with Crippen molar-refractivity contribution in [1.29, 1.82) is 0 Å². The molecule has 27 heavy (non-hydrogen) atoms. The van der Waals surface area contributed by atoms with E-state index in [1.165, 1.54) is 31.4 Å². The number of benzene rings is 1. The Hall–Kier alpha value is -2.32. The molecule has 0 saturated carbocycles. The molecule has 0 unspecified atom stereocenters. The first-order valence-corrected chi connectivity index (χ1v) is 10.7. The number of rotatable bonds is 6. The molecule has 1 aliphatic rings. The molecule has 1 saturated heterocycles. The molecule has 3 N–H and O–H groups in total. The van der Waals surface area contributed by atoms with Gasteiger partial charge in [-0.1, -0.05) is 12.1 Å². The van der Waals surface area contributed by atoms with Crippen LogP contribution >= 0.6 is 0 Å². The number of piperidine rings is 1. The van der Waals surface area contributed by atoms with E-state index < -0.39 is 10.0 Å². The van der Waals surface area contributed by atoms with Crippen LogP contribution in [0.25, 0.3) is 0 Å². The van der Waals surface area contributed by atoms with Crippen molar-refractivity contribution in [1.82, 2.24) is 10.2 Å². The second kappa shape index (κ2) is 9.05. The van der Waals surface area contributed by atoms with Gasteiger partial charge in [0.05, 0.1) is 17.7 Å². The van der Waals surface area contributed by atoms with Crippen molar-refractivity contribution >= 4 is 16.0 Å². The molecule has 8 heteroatoms. The minimum Gasteiger partial charge on any atom is -0.469 e. The lowest BCUT2D eigenvalue weighted by molar-refractivity contribution is 0.330. The summed E-state index contributed by atoms with van der Waals surface area (Å²) in [6.07, 6.45) is 6.07. The monoisotopic (exact) mass is 390 g/mol. The van der Waals surface area contributed by atoms with Gasteiger partial charge in [0.2, 0.25) is 10.0 Å². The molecule has 0 aliphatic carbocycles. The number of hydrogen-bond donors (Lipinski definition) is 2. The van der Waals surface area contributed by atoms with Crippen molar-refractivity contribution in [3.05, 3.63) is 54.0 Å². The third-order valence-electron chi connectivity index (χ3n) is 4.55. The fourth-order valence-electron chi connectivity index (χ4n) is 3.08. The van der Waals surface area contributed by atoms with Crippen LogP contribution in [0.3, 0.4) is 0 Å². The molecule has 1 fully saturated rings. The van der Waals surface area contributed by atoms with Crippen LogP contribution in [0, 0.1) is 0 Å². The number of sulfonamides is 1. The molecule has 1 aromatic heterocycles. The molecule has 0 amide bonds. The molecular formula is C19H26N4O3S. The maximum atomic E-state index is 11.4. The number of furan rings is 1. The van der Waals surface area contributed by atoms with Crippen LogP contribution < -0.4 is 10.5 Å². The van der Waals surface area contributed by atoms with Gasteiger partial charge in [-0.25, -0.2) is 18.5 Å². The molecule has 1 aliphatic heterocycles. The lowest BCUT2D eigenvalue weighted by Crippen LogP contribution is -2.44. The third-order valence-corrected chi connectivity index (χ3v) is 5.48. The van der Waals surface area contributed by atoms with Gasteiger partial charge >= 0.3 is 0 Å². The van der Waals surface area contributed by atoms with E-state index in [1.807, 2.05) is 12.1 Å². The van der Waals surface area contributed by atoms with Gasteiger partial charge in [-0.15, -0.1) is 0 Å². The Balaban J connectivity index is 1.65. The van der Waals surface area contributed by atoms with E-state index in [0.29, 0.717) is 6.54 Å². The Labute approximate surface area is 160 Å². The van der Waals surface area contributed by atoms with Crippen LogP contribution in [0.5, 0.6) is 0 Å². The number of primary sulfonamides is 1. The summed E-state index contributed by atoms with van der Waals surface area (Å²) < 4.78 is 28.1. The summed E-state index contributed by atoms with van der Waals surface area (Å²) in [6, 6.07) is 10.4. The van der Waals surface area contributed by atoms with Crippen molar-refractivity contribution < 1.29 is 12.8 Å². The van der Waals surface area contributed by atoms with Crippen LogP contribution in [0.4, 0.5) is 0 Å². The summed E-state index contributed by atoms with van der Waals surface area (Å²) in [5.74, 6) is 1.83. The SMILES string of the molecule is NS(=O)(=O)c1ccc(CN=C(NCCc2ccco2)N2CCCCC2)cc1. The highest BCUT2D eigenvalue weighted by Crippen LogP contribution is 2.12. The topological polar surface area (TPSA) is 101 Å². The Bertz CT molecular complexity index is 840. The number of aliphatic imine (C=N–C) groups is 1. The Morgan fingerprint density at radius 3 is 2.52 bits per heavy atom. The fourth-order valence-corrected chi connectivity index (χ4v) is 3.59. The van der Waals surface area contributed by atoms with E-state index in [4.69, 9.17) is 14.5 Å². The van der Waals surface area contributed by atoms with Gasteiger partial charge in [0, 0.05) is 26.1 Å². The predicted molar refractivity (Wildman–Crippen MR) is 105 cm³/mol. The van der Waals surface area contributed by atoms with E-state index in [1.54, 1.807) is 18.4 Å². The van der Waals surface area contributed by atoms with E-state index in [0.717, 1.165) is 43.3 Å². The second-order valence-corrected chi connectivity index (χ2v) is 8.19. The van der Waals surface area contributed by atoms with Crippen molar-refractivity contribution in [2.45, 2.75) is 37.1 Å². The molecule has 7 nitrogen and oxygen atoms in total. The third kappa shape index (κ3) is 5.83. The van der Waals surface area contributed by atoms with Gasteiger partial charge in [0.1, 0.15) is 5.76 Å². The number of hydrogen-bond acceptors (Lipinski definition) is 4. The molecule has 3 rings (SSSR count). The zero-order valence-corrected chi connectivity index (χ0v) is 16.1. The zero-order chi connectivity index (χ0) is 19.1. The summed E-state index contributed by atoms with van der Waals surface area (Å²) in [7, 11) is -3.67. The summed E-state index contributed by atoms with van der Waals surface area (Å²) >= 11 is 0. The van der Waals surface area contributed by atoms with E-state index >= 15 is 0 Å². The van der Waals surface area contributed by atoms with Crippen molar-refractivity contribution in [3.8, 4) is 0 Å². The Kier molecular flexibility index (Phi) is 6.52. The molecule has 2 aromatic rings. The van der Waals surface area contributed by atoms with Crippen LogP contribution in [0.1, 0.15) is 30.6 Å². The highest BCUT2D eigenvalue weighted by atomic mass is 32.2. The summed E-state index contributed by atoms with van der Waals surface area (Å²) in [4.78, 5) is 7.14. The van der Waals surface area contributed by atoms with Crippen LogP contribution in [-0.2, 0) is 23.0 Å². The number of guanidine groups is 1. The summed E-state index contributed by atoms with van der Waals surface area (Å²) in [5.41, 5.74) is 0.935. The predicted octanol–water partition coefficient (Wildman–Crippen LogP) is 2.10. The standard InChI is InChI=1S/C19H26N4O3S/c20-27(24,25)18-8-6-16(7-9-18)15-22-19(23-12-2-1-3-13-23)21-11-10-17-5-4-14-26-17/h4-9,14H,1-3,10-13,15H2,(H,21,22)(H2,20,24,25). The first-order valence-electron chi connectivity index (χ1n) is 9.20. The molecule has 0 atom stereocenters. The van der Waals surface area contributed by atoms with Crippen LogP contribution in [0.2, 0.25) is 0 Å². The highest BCUT2D eigenvalue weighted by Gasteiger charge is 2.15. The average molecular weight is 391 g/mol. The van der Waals surface area contributed by atoms with Crippen molar-refractivity contribution in [3.63, 3.8) is 0 Å².